The Morgan fingerprint density at radius 2 is 1.95 bits per heavy atom. The quantitative estimate of drug-likeness (QED) is 0.716. The third-order valence-corrected chi connectivity index (χ3v) is 3.03. The van der Waals surface area contributed by atoms with Gasteiger partial charge in [-0.2, -0.15) is 5.26 Å². The largest absolute Gasteiger partial charge is 0.369 e. The van der Waals surface area contributed by atoms with Crippen LogP contribution >= 0.6 is 0 Å². The van der Waals surface area contributed by atoms with Crippen molar-refractivity contribution < 1.29 is 0 Å². The van der Waals surface area contributed by atoms with Crippen LogP contribution in [0.3, 0.4) is 0 Å². The fraction of sp³-hybridized carbons (Fsp3) is 0.0714. The lowest BCUT2D eigenvalue weighted by Gasteiger charge is -2.05. The van der Waals surface area contributed by atoms with E-state index < -0.39 is 0 Å². The highest BCUT2D eigenvalue weighted by atomic mass is 15.2. The number of imidazole rings is 1. The maximum atomic E-state index is 8.82. The van der Waals surface area contributed by atoms with E-state index in [1.165, 1.54) is 0 Å². The molecule has 1 aromatic carbocycles. The van der Waals surface area contributed by atoms with Crippen LogP contribution in [0.1, 0.15) is 11.1 Å². The first-order valence-electron chi connectivity index (χ1n) is 5.81. The zero-order valence-electron chi connectivity index (χ0n) is 10.3. The van der Waals surface area contributed by atoms with Crippen molar-refractivity contribution in [1.29, 1.82) is 5.26 Å². The van der Waals surface area contributed by atoms with Crippen molar-refractivity contribution in [2.45, 2.75) is 6.92 Å². The summed E-state index contributed by atoms with van der Waals surface area (Å²) in [7, 11) is 0. The van der Waals surface area contributed by atoms with Crippen molar-refractivity contribution in [3.05, 3.63) is 47.7 Å². The van der Waals surface area contributed by atoms with Gasteiger partial charge in [-0.3, -0.25) is 4.57 Å². The summed E-state index contributed by atoms with van der Waals surface area (Å²) < 4.78 is 1.78. The van der Waals surface area contributed by atoms with E-state index in [-0.39, 0.29) is 0 Å². The van der Waals surface area contributed by atoms with Gasteiger partial charge in [0.15, 0.2) is 5.65 Å². The Labute approximate surface area is 109 Å². The Hall–Kier alpha value is -2.87. The molecule has 92 valence electrons. The molecule has 5 heteroatoms. The van der Waals surface area contributed by atoms with E-state index in [1.807, 2.05) is 25.1 Å². The lowest BCUT2D eigenvalue weighted by molar-refractivity contribution is 1.08. The van der Waals surface area contributed by atoms with Crippen LogP contribution in [0.2, 0.25) is 0 Å². The number of nitriles is 1. The number of pyridine rings is 1. The van der Waals surface area contributed by atoms with E-state index >= 15 is 0 Å². The van der Waals surface area contributed by atoms with Crippen LogP contribution in [0.4, 0.5) is 5.95 Å². The molecular formula is C14H11N5. The summed E-state index contributed by atoms with van der Waals surface area (Å²) in [6.07, 6.45) is 1.74. The standard InChI is InChI=1S/C14H11N5/c1-9-6-7-17-13-12(9)18-14(16)19(13)11-4-2-10(8-15)3-5-11/h2-7H,1H3,(H2,16,18). The highest BCUT2D eigenvalue weighted by molar-refractivity contribution is 5.79. The molecule has 0 fully saturated rings. The number of nitrogens with two attached hydrogens (primary N) is 1. The van der Waals surface area contributed by atoms with Crippen molar-refractivity contribution in [2.24, 2.45) is 0 Å². The molecule has 5 nitrogen and oxygen atoms in total. The van der Waals surface area contributed by atoms with Gasteiger partial charge >= 0.3 is 0 Å². The van der Waals surface area contributed by atoms with E-state index in [0.717, 1.165) is 22.4 Å². The maximum absolute atomic E-state index is 8.82. The highest BCUT2D eigenvalue weighted by Crippen LogP contribution is 2.23. The Kier molecular flexibility index (Phi) is 2.43. The smallest absolute Gasteiger partial charge is 0.207 e. The zero-order valence-corrected chi connectivity index (χ0v) is 10.3. The second-order valence-electron chi connectivity index (χ2n) is 4.26. The molecule has 0 aliphatic carbocycles. The van der Waals surface area contributed by atoms with Crippen LogP contribution in [0.15, 0.2) is 36.5 Å². The van der Waals surface area contributed by atoms with Gasteiger partial charge < -0.3 is 5.73 Å². The lowest BCUT2D eigenvalue weighted by Crippen LogP contribution is -2.01. The van der Waals surface area contributed by atoms with Gasteiger partial charge in [0.1, 0.15) is 5.52 Å². The molecule has 0 saturated heterocycles. The van der Waals surface area contributed by atoms with Crippen LogP contribution in [-0.2, 0) is 0 Å². The number of aromatic nitrogens is 3. The molecule has 0 amide bonds. The molecule has 0 unspecified atom stereocenters. The number of nitrogen functional groups attached to an aromatic ring is 1. The van der Waals surface area contributed by atoms with E-state index in [9.17, 15) is 0 Å². The summed E-state index contributed by atoms with van der Waals surface area (Å²) in [6, 6.07) is 11.1. The number of fused-ring (bicyclic) bond motifs is 1. The molecule has 0 radical (unpaired) electrons. The Bertz CT molecular complexity index is 793. The molecular weight excluding hydrogens is 238 g/mol. The second kappa shape index (κ2) is 4.10. The van der Waals surface area contributed by atoms with Gasteiger partial charge in [-0.25, -0.2) is 9.97 Å². The summed E-state index contributed by atoms with van der Waals surface area (Å²) >= 11 is 0. The van der Waals surface area contributed by atoms with Crippen LogP contribution in [0.25, 0.3) is 16.9 Å². The summed E-state index contributed by atoms with van der Waals surface area (Å²) in [5.41, 5.74) is 9.98. The predicted molar refractivity (Wildman–Crippen MR) is 72.7 cm³/mol. The third-order valence-electron chi connectivity index (χ3n) is 3.03. The number of hydrogen-bond donors (Lipinski definition) is 1. The average Bonchev–Trinajstić information content (AvgIpc) is 2.77. The van der Waals surface area contributed by atoms with Gasteiger partial charge in [-0.05, 0) is 42.8 Å². The molecule has 0 spiro atoms. The number of hydrogen-bond acceptors (Lipinski definition) is 4. The first-order chi connectivity index (χ1) is 9.20. The highest BCUT2D eigenvalue weighted by Gasteiger charge is 2.12. The molecule has 2 heterocycles. The van der Waals surface area contributed by atoms with Crippen LogP contribution in [0.5, 0.6) is 0 Å². The van der Waals surface area contributed by atoms with Gasteiger partial charge in [0.05, 0.1) is 17.3 Å². The predicted octanol–water partition coefficient (Wildman–Crippen LogP) is 2.18. The number of nitrogens with zero attached hydrogens (tertiary/aromatic N) is 4. The summed E-state index contributed by atoms with van der Waals surface area (Å²) in [4.78, 5) is 8.68. The van der Waals surface area contributed by atoms with Gasteiger partial charge in [0.2, 0.25) is 5.95 Å². The summed E-state index contributed by atoms with van der Waals surface area (Å²) in [5.74, 6) is 0.390. The van der Waals surface area contributed by atoms with Crippen molar-refractivity contribution >= 4 is 17.1 Å². The normalized spacial score (nSPS) is 10.5. The molecule has 2 N–H and O–H groups in total. The van der Waals surface area contributed by atoms with Gasteiger partial charge in [0, 0.05) is 6.20 Å². The lowest BCUT2D eigenvalue weighted by atomic mass is 10.2. The topological polar surface area (TPSA) is 80.5 Å². The maximum Gasteiger partial charge on any atom is 0.207 e. The molecule has 3 rings (SSSR count). The van der Waals surface area contributed by atoms with E-state index in [2.05, 4.69) is 16.0 Å². The molecule has 19 heavy (non-hydrogen) atoms. The molecule has 0 atom stereocenters. The minimum absolute atomic E-state index is 0.390. The molecule has 0 bridgehead atoms. The minimum Gasteiger partial charge on any atom is -0.369 e. The van der Waals surface area contributed by atoms with Crippen molar-refractivity contribution in [2.75, 3.05) is 5.73 Å². The Morgan fingerprint density at radius 3 is 2.63 bits per heavy atom. The second-order valence-corrected chi connectivity index (χ2v) is 4.26. The molecule has 0 aliphatic heterocycles. The molecule has 3 aromatic rings. The summed E-state index contributed by atoms with van der Waals surface area (Å²) in [5, 5.41) is 8.82. The first kappa shape index (κ1) is 11.2. The van der Waals surface area contributed by atoms with Crippen LogP contribution < -0.4 is 5.73 Å². The van der Waals surface area contributed by atoms with Gasteiger partial charge in [-0.15, -0.1) is 0 Å². The van der Waals surface area contributed by atoms with E-state index in [1.54, 1.807) is 22.9 Å². The van der Waals surface area contributed by atoms with Crippen LogP contribution in [0, 0.1) is 18.3 Å². The first-order valence-corrected chi connectivity index (χ1v) is 5.81. The fourth-order valence-electron chi connectivity index (χ4n) is 2.05. The van der Waals surface area contributed by atoms with Crippen molar-refractivity contribution in [1.82, 2.24) is 14.5 Å². The molecule has 0 aliphatic rings. The summed E-state index contributed by atoms with van der Waals surface area (Å²) in [6.45, 7) is 1.97. The Morgan fingerprint density at radius 1 is 1.21 bits per heavy atom. The van der Waals surface area contributed by atoms with Crippen molar-refractivity contribution in [3.8, 4) is 11.8 Å². The number of benzene rings is 1. The number of aryl methyl sites for hydroxylation is 1. The SMILES string of the molecule is Cc1ccnc2c1nc(N)n2-c1ccc(C#N)cc1. The fourth-order valence-corrected chi connectivity index (χ4v) is 2.05. The van der Waals surface area contributed by atoms with E-state index in [4.69, 9.17) is 11.0 Å². The minimum atomic E-state index is 0.390. The zero-order chi connectivity index (χ0) is 13.4. The van der Waals surface area contributed by atoms with Crippen LogP contribution in [-0.4, -0.2) is 14.5 Å². The third kappa shape index (κ3) is 1.70. The van der Waals surface area contributed by atoms with Crippen molar-refractivity contribution in [3.63, 3.8) is 0 Å². The molecule has 2 aromatic heterocycles. The monoisotopic (exact) mass is 249 g/mol. The van der Waals surface area contributed by atoms with E-state index in [0.29, 0.717) is 11.5 Å². The Balaban J connectivity index is 2.27. The van der Waals surface area contributed by atoms with Gasteiger partial charge in [-0.1, -0.05) is 0 Å². The average molecular weight is 249 g/mol. The molecule has 0 saturated carbocycles. The number of rotatable bonds is 1. The van der Waals surface area contributed by atoms with Gasteiger partial charge in [0.25, 0.3) is 0 Å². The number of anilines is 1.